The highest BCUT2D eigenvalue weighted by atomic mass is 32.2. The summed E-state index contributed by atoms with van der Waals surface area (Å²) in [5, 5.41) is 2.68. The van der Waals surface area contributed by atoms with Gasteiger partial charge in [-0.15, -0.1) is 0 Å². The van der Waals surface area contributed by atoms with Crippen molar-refractivity contribution in [1.82, 2.24) is 4.98 Å². The molecular weight excluding hydrogens is 346 g/mol. The molecule has 0 atom stereocenters. The van der Waals surface area contributed by atoms with Gasteiger partial charge < -0.3 is 15.0 Å². The summed E-state index contributed by atoms with van der Waals surface area (Å²) in [6.07, 6.45) is 1.85. The zero-order chi connectivity index (χ0) is 18.0. The second kappa shape index (κ2) is 6.60. The lowest BCUT2D eigenvalue weighted by atomic mass is 10.2. The molecule has 1 aliphatic rings. The van der Waals surface area contributed by atoms with Crippen molar-refractivity contribution in [2.24, 2.45) is 0 Å². The summed E-state index contributed by atoms with van der Waals surface area (Å²) >= 11 is 0. The van der Waals surface area contributed by atoms with Gasteiger partial charge in [0.25, 0.3) is 5.91 Å². The lowest BCUT2D eigenvalue weighted by molar-refractivity contribution is 0.102. The van der Waals surface area contributed by atoms with Crippen LogP contribution in [0.5, 0.6) is 5.75 Å². The molecule has 2 aromatic rings. The number of anilines is 2. The van der Waals surface area contributed by atoms with Gasteiger partial charge in [-0.3, -0.25) is 13.9 Å². The van der Waals surface area contributed by atoms with E-state index in [1.165, 1.54) is 29.7 Å². The van der Waals surface area contributed by atoms with E-state index < -0.39 is 15.9 Å². The van der Waals surface area contributed by atoms with Gasteiger partial charge in [0.2, 0.25) is 15.6 Å². The first kappa shape index (κ1) is 17.0. The number of nitrogens with zero attached hydrogens (tertiary/aromatic N) is 1. The maximum absolute atomic E-state index is 12.2. The molecule has 2 N–H and O–H groups in total. The number of hydrogen-bond donors (Lipinski definition) is 2. The number of carbonyl (C=O) groups is 1. The van der Waals surface area contributed by atoms with E-state index in [-0.39, 0.29) is 16.9 Å². The van der Waals surface area contributed by atoms with Gasteiger partial charge in [-0.1, -0.05) is 0 Å². The SMILES string of the molecule is COc1ccc(NC(=O)c2ccc(=O)[nH]c2)cc1N1CCCS1(=O)=O. The number of methoxy groups -OCH3 is 1. The quantitative estimate of drug-likeness (QED) is 0.848. The molecule has 2 heterocycles. The number of benzene rings is 1. The second-order valence-corrected chi connectivity index (χ2v) is 7.54. The third-order valence-electron chi connectivity index (χ3n) is 3.85. The van der Waals surface area contributed by atoms with Crippen molar-refractivity contribution in [1.29, 1.82) is 0 Å². The molecule has 1 aliphatic heterocycles. The normalized spacial score (nSPS) is 15.8. The Labute approximate surface area is 144 Å². The summed E-state index contributed by atoms with van der Waals surface area (Å²) in [6.45, 7) is 0.371. The minimum Gasteiger partial charge on any atom is -0.495 e. The summed E-state index contributed by atoms with van der Waals surface area (Å²) in [7, 11) is -1.92. The van der Waals surface area contributed by atoms with Gasteiger partial charge in [0, 0.05) is 24.5 Å². The van der Waals surface area contributed by atoms with Crippen molar-refractivity contribution in [2.45, 2.75) is 6.42 Å². The zero-order valence-corrected chi connectivity index (χ0v) is 14.3. The molecule has 1 aromatic carbocycles. The van der Waals surface area contributed by atoms with Crippen LogP contribution in [-0.4, -0.2) is 38.7 Å². The number of pyridine rings is 1. The third-order valence-corrected chi connectivity index (χ3v) is 5.71. The third kappa shape index (κ3) is 3.50. The monoisotopic (exact) mass is 363 g/mol. The molecule has 25 heavy (non-hydrogen) atoms. The van der Waals surface area contributed by atoms with Crippen molar-refractivity contribution in [3.63, 3.8) is 0 Å². The Morgan fingerprint density at radius 3 is 2.68 bits per heavy atom. The Hall–Kier alpha value is -2.81. The Morgan fingerprint density at radius 2 is 2.08 bits per heavy atom. The minimum atomic E-state index is -3.37. The number of aromatic amines is 1. The number of hydrogen-bond acceptors (Lipinski definition) is 5. The molecule has 3 rings (SSSR count). The molecule has 9 heteroatoms. The maximum atomic E-state index is 12.2. The predicted molar refractivity (Wildman–Crippen MR) is 93.8 cm³/mol. The van der Waals surface area contributed by atoms with E-state index in [9.17, 15) is 18.0 Å². The van der Waals surface area contributed by atoms with E-state index >= 15 is 0 Å². The van der Waals surface area contributed by atoms with Crippen molar-refractivity contribution in [3.8, 4) is 5.75 Å². The molecule has 0 saturated carbocycles. The van der Waals surface area contributed by atoms with Crippen LogP contribution in [0.4, 0.5) is 11.4 Å². The Balaban J connectivity index is 1.90. The summed E-state index contributed by atoms with van der Waals surface area (Å²) in [4.78, 5) is 25.7. The van der Waals surface area contributed by atoms with Gasteiger partial charge in [-0.25, -0.2) is 8.42 Å². The number of nitrogens with one attached hydrogen (secondary N) is 2. The molecule has 1 amide bonds. The van der Waals surface area contributed by atoms with Gasteiger partial charge in [0.15, 0.2) is 0 Å². The smallest absolute Gasteiger partial charge is 0.257 e. The van der Waals surface area contributed by atoms with Gasteiger partial charge in [-0.2, -0.15) is 0 Å². The van der Waals surface area contributed by atoms with E-state index in [1.807, 2.05) is 0 Å². The molecule has 0 spiro atoms. The van der Waals surface area contributed by atoms with E-state index in [4.69, 9.17) is 4.74 Å². The zero-order valence-electron chi connectivity index (χ0n) is 13.5. The lowest BCUT2D eigenvalue weighted by Gasteiger charge is -2.20. The number of amides is 1. The fourth-order valence-corrected chi connectivity index (χ4v) is 4.19. The fourth-order valence-electron chi connectivity index (χ4n) is 2.63. The van der Waals surface area contributed by atoms with Crippen LogP contribution in [0.1, 0.15) is 16.8 Å². The molecule has 1 fully saturated rings. The van der Waals surface area contributed by atoms with Crippen LogP contribution in [-0.2, 0) is 10.0 Å². The average molecular weight is 363 g/mol. The van der Waals surface area contributed by atoms with Crippen LogP contribution in [0, 0.1) is 0 Å². The molecule has 132 valence electrons. The number of ether oxygens (including phenoxy) is 1. The van der Waals surface area contributed by atoms with Gasteiger partial charge in [-0.05, 0) is 30.7 Å². The largest absolute Gasteiger partial charge is 0.495 e. The van der Waals surface area contributed by atoms with Gasteiger partial charge >= 0.3 is 0 Å². The molecule has 1 aromatic heterocycles. The molecule has 1 saturated heterocycles. The van der Waals surface area contributed by atoms with E-state index in [0.29, 0.717) is 30.1 Å². The first-order valence-electron chi connectivity index (χ1n) is 7.59. The molecule has 0 radical (unpaired) electrons. The highest BCUT2D eigenvalue weighted by Crippen LogP contribution is 2.35. The number of rotatable bonds is 4. The van der Waals surface area contributed by atoms with Crippen LogP contribution in [0.15, 0.2) is 41.3 Å². The fraction of sp³-hybridized carbons (Fsp3) is 0.250. The lowest BCUT2D eigenvalue weighted by Crippen LogP contribution is -2.25. The average Bonchev–Trinajstić information content (AvgIpc) is 2.94. The highest BCUT2D eigenvalue weighted by Gasteiger charge is 2.30. The number of H-pyrrole nitrogens is 1. The van der Waals surface area contributed by atoms with Gasteiger partial charge in [0.05, 0.1) is 24.1 Å². The number of sulfonamides is 1. The molecule has 8 nitrogen and oxygen atoms in total. The van der Waals surface area contributed by atoms with Crippen LogP contribution in [0.3, 0.4) is 0 Å². The maximum Gasteiger partial charge on any atom is 0.257 e. The predicted octanol–water partition coefficient (Wildman–Crippen LogP) is 1.18. The van der Waals surface area contributed by atoms with Crippen molar-refractivity contribution in [2.75, 3.05) is 29.0 Å². The number of carbonyl (C=O) groups excluding carboxylic acids is 1. The molecule has 0 aliphatic carbocycles. The van der Waals surface area contributed by atoms with Crippen molar-refractivity contribution in [3.05, 3.63) is 52.4 Å². The second-order valence-electron chi connectivity index (χ2n) is 5.52. The Kier molecular flexibility index (Phi) is 4.49. The summed E-state index contributed by atoms with van der Waals surface area (Å²) in [6, 6.07) is 7.44. The van der Waals surface area contributed by atoms with E-state index in [0.717, 1.165) is 0 Å². The standard InChI is InChI=1S/C16H17N3O5S/c1-24-14-5-4-12(9-13(14)19-7-2-8-25(19,22)23)18-16(21)11-3-6-15(20)17-10-11/h3-6,9-10H,2,7-8H2,1H3,(H,17,20)(H,18,21). The Morgan fingerprint density at radius 1 is 1.28 bits per heavy atom. The number of aromatic nitrogens is 1. The Bertz CT molecular complexity index is 947. The molecule has 0 bridgehead atoms. The summed E-state index contributed by atoms with van der Waals surface area (Å²) in [5.41, 5.74) is 0.793. The molecular formula is C16H17N3O5S. The van der Waals surface area contributed by atoms with Crippen molar-refractivity contribution >= 4 is 27.3 Å². The van der Waals surface area contributed by atoms with Crippen LogP contribution >= 0.6 is 0 Å². The van der Waals surface area contributed by atoms with E-state index in [2.05, 4.69) is 10.3 Å². The van der Waals surface area contributed by atoms with Crippen LogP contribution in [0.25, 0.3) is 0 Å². The summed E-state index contributed by atoms with van der Waals surface area (Å²) < 4.78 is 30.9. The summed E-state index contributed by atoms with van der Waals surface area (Å²) in [5.74, 6) is 0.0774. The minimum absolute atomic E-state index is 0.0874. The van der Waals surface area contributed by atoms with Crippen LogP contribution in [0.2, 0.25) is 0 Å². The first-order chi connectivity index (χ1) is 11.9. The topological polar surface area (TPSA) is 109 Å². The highest BCUT2D eigenvalue weighted by molar-refractivity contribution is 7.93. The molecule has 0 unspecified atom stereocenters. The first-order valence-corrected chi connectivity index (χ1v) is 9.20. The van der Waals surface area contributed by atoms with Gasteiger partial charge in [0.1, 0.15) is 5.75 Å². The van der Waals surface area contributed by atoms with Crippen molar-refractivity contribution < 1.29 is 17.9 Å². The van der Waals surface area contributed by atoms with E-state index in [1.54, 1.807) is 18.2 Å². The van der Waals surface area contributed by atoms with Crippen LogP contribution < -0.4 is 19.9 Å².